The molecule has 19 heteroatoms. The smallest absolute Gasteiger partial charge is 0.462 e. The van der Waals surface area contributed by atoms with Crippen molar-refractivity contribution < 1.29 is 80.2 Å². The third-order valence-corrected chi connectivity index (χ3v) is 20.3. The first-order valence-electron chi connectivity index (χ1n) is 40.2. The number of carbonyl (C=O) groups excluding carboxylic acids is 4. The van der Waals surface area contributed by atoms with Crippen LogP contribution in [0.5, 0.6) is 0 Å². The van der Waals surface area contributed by atoms with Gasteiger partial charge >= 0.3 is 39.5 Å². The molecular formula is C78H152O17P2. The van der Waals surface area contributed by atoms with E-state index in [-0.39, 0.29) is 25.7 Å². The Morgan fingerprint density at radius 3 is 0.732 bits per heavy atom. The first-order chi connectivity index (χ1) is 46.6. The van der Waals surface area contributed by atoms with Crippen LogP contribution in [0.25, 0.3) is 0 Å². The Morgan fingerprint density at radius 1 is 0.289 bits per heavy atom. The predicted molar refractivity (Wildman–Crippen MR) is 395 cm³/mol. The SMILES string of the molecule is CCC(C)CCCCCCCCCCCCCCCCCCCCC(=O)OC[C@H](COP(=O)(O)OCC(O)COP(=O)(O)OC[C@@H](COC(=O)CCCCCCCCCCC(C)C)OC(=O)CCCCCCCCCCC(C)C)OC(=O)CCCCCCCCCCCCC(C)C. The van der Waals surface area contributed by atoms with Crippen LogP contribution in [0, 0.1) is 23.7 Å². The average Bonchev–Trinajstić information content (AvgIpc) is 1.14. The van der Waals surface area contributed by atoms with Crippen molar-refractivity contribution in [2.75, 3.05) is 39.6 Å². The predicted octanol–water partition coefficient (Wildman–Crippen LogP) is 22.8. The van der Waals surface area contributed by atoms with E-state index in [4.69, 9.17) is 37.0 Å². The van der Waals surface area contributed by atoms with Crippen molar-refractivity contribution in [3.05, 3.63) is 0 Å². The number of rotatable bonds is 75. The van der Waals surface area contributed by atoms with Gasteiger partial charge in [0.05, 0.1) is 26.4 Å². The van der Waals surface area contributed by atoms with Gasteiger partial charge in [-0.15, -0.1) is 0 Å². The summed E-state index contributed by atoms with van der Waals surface area (Å²) in [6.45, 7) is 14.2. The van der Waals surface area contributed by atoms with Crippen molar-refractivity contribution in [3.63, 3.8) is 0 Å². The highest BCUT2D eigenvalue weighted by atomic mass is 31.2. The second kappa shape index (κ2) is 67.2. The first-order valence-corrected chi connectivity index (χ1v) is 43.2. The Kier molecular flexibility index (Phi) is 65.9. The van der Waals surface area contributed by atoms with Crippen LogP contribution < -0.4 is 0 Å². The van der Waals surface area contributed by atoms with Gasteiger partial charge in [0.1, 0.15) is 19.3 Å². The van der Waals surface area contributed by atoms with Gasteiger partial charge in [0.15, 0.2) is 12.2 Å². The summed E-state index contributed by atoms with van der Waals surface area (Å²) >= 11 is 0. The topological polar surface area (TPSA) is 237 Å². The summed E-state index contributed by atoms with van der Waals surface area (Å²) in [5.74, 6) is 0.949. The van der Waals surface area contributed by atoms with Gasteiger partial charge in [0.25, 0.3) is 0 Å². The number of unbranched alkanes of at least 4 members (excludes halogenated alkanes) is 40. The molecule has 17 nitrogen and oxygen atoms in total. The Morgan fingerprint density at radius 2 is 0.495 bits per heavy atom. The number of carbonyl (C=O) groups is 4. The summed E-state index contributed by atoms with van der Waals surface area (Å²) in [6.07, 6.45) is 52.9. The molecule has 0 saturated carbocycles. The first kappa shape index (κ1) is 95.1. The molecule has 0 amide bonds. The Labute approximate surface area is 594 Å². The largest absolute Gasteiger partial charge is 0.472 e. The second-order valence-electron chi connectivity index (χ2n) is 29.8. The highest BCUT2D eigenvalue weighted by Crippen LogP contribution is 2.45. The molecule has 0 aliphatic carbocycles. The zero-order valence-electron chi connectivity index (χ0n) is 63.7. The molecule has 576 valence electrons. The number of aliphatic hydroxyl groups excluding tert-OH is 1. The van der Waals surface area contributed by atoms with Gasteiger partial charge in [0, 0.05) is 25.7 Å². The maximum atomic E-state index is 13.1. The minimum atomic E-state index is -4.96. The van der Waals surface area contributed by atoms with Gasteiger partial charge < -0.3 is 33.8 Å². The van der Waals surface area contributed by atoms with Crippen LogP contribution in [0.15, 0.2) is 0 Å². The van der Waals surface area contributed by atoms with Crippen LogP contribution in [-0.2, 0) is 65.4 Å². The summed E-state index contributed by atoms with van der Waals surface area (Å²) in [6, 6.07) is 0. The van der Waals surface area contributed by atoms with Gasteiger partial charge in [-0.2, -0.15) is 0 Å². The summed E-state index contributed by atoms with van der Waals surface area (Å²) in [7, 11) is -9.91. The van der Waals surface area contributed by atoms with Crippen LogP contribution >= 0.6 is 15.6 Å². The number of hydrogen-bond acceptors (Lipinski definition) is 15. The molecule has 0 heterocycles. The number of esters is 4. The molecule has 0 radical (unpaired) electrons. The van der Waals surface area contributed by atoms with E-state index >= 15 is 0 Å². The molecule has 4 unspecified atom stereocenters. The van der Waals surface area contributed by atoms with Gasteiger partial charge in [-0.3, -0.25) is 37.3 Å². The molecule has 97 heavy (non-hydrogen) atoms. The van der Waals surface area contributed by atoms with Gasteiger partial charge in [0.2, 0.25) is 0 Å². The molecular weight excluding hydrogens is 1270 g/mol. The van der Waals surface area contributed by atoms with Crippen LogP contribution in [0.2, 0.25) is 0 Å². The standard InChI is InChI=1S/C78H152O17P2/c1-9-71(8)57-49-41-33-23-18-16-14-12-10-11-13-15-17-19-24-34-42-50-58-75(80)88-64-73(94-77(82)60-52-44-36-25-21-20-22-30-38-46-54-68(2)3)66-92-96(84,85)90-62-72(79)63-91-97(86,87)93-67-74(95-78(83)61-53-45-37-29-27-32-40-48-56-70(6)7)65-89-76(81)59-51-43-35-28-26-31-39-47-55-69(4)5/h68-74,79H,9-67H2,1-8H3,(H,84,85)(H,86,87)/t71?,72?,73-,74-/m1/s1. The normalized spacial score (nSPS) is 14.4. The van der Waals surface area contributed by atoms with Gasteiger partial charge in [-0.1, -0.05) is 344 Å². The molecule has 6 atom stereocenters. The molecule has 0 bridgehead atoms. The van der Waals surface area contributed by atoms with Crippen molar-refractivity contribution in [2.45, 2.75) is 414 Å². The quantitative estimate of drug-likeness (QED) is 0.0222. The Balaban J connectivity index is 5.17. The monoisotopic (exact) mass is 1420 g/mol. The molecule has 0 rings (SSSR count). The van der Waals surface area contributed by atoms with Crippen LogP contribution in [0.1, 0.15) is 396 Å². The lowest BCUT2D eigenvalue weighted by Crippen LogP contribution is -2.30. The number of hydrogen-bond donors (Lipinski definition) is 3. The van der Waals surface area contributed by atoms with E-state index in [9.17, 15) is 43.2 Å². The van der Waals surface area contributed by atoms with Crippen molar-refractivity contribution in [1.82, 2.24) is 0 Å². The lowest BCUT2D eigenvalue weighted by molar-refractivity contribution is -0.161. The number of ether oxygens (including phenoxy) is 4. The number of phosphoric acid groups is 2. The maximum absolute atomic E-state index is 13.1. The molecule has 0 aliphatic heterocycles. The zero-order valence-corrected chi connectivity index (χ0v) is 65.5. The van der Waals surface area contributed by atoms with E-state index < -0.39 is 97.5 Å². The summed E-state index contributed by atoms with van der Waals surface area (Å²) in [5.41, 5.74) is 0. The third-order valence-electron chi connectivity index (χ3n) is 18.4. The van der Waals surface area contributed by atoms with E-state index in [2.05, 4.69) is 55.4 Å². The molecule has 0 aromatic heterocycles. The Hall–Kier alpha value is -1.94. The average molecular weight is 1420 g/mol. The van der Waals surface area contributed by atoms with Crippen LogP contribution in [-0.4, -0.2) is 96.7 Å². The Bertz CT molecular complexity index is 1900. The molecule has 0 aliphatic rings. The minimum Gasteiger partial charge on any atom is -0.462 e. The number of phosphoric ester groups is 2. The summed E-state index contributed by atoms with van der Waals surface area (Å²) < 4.78 is 68.5. The second-order valence-corrected chi connectivity index (χ2v) is 32.7. The lowest BCUT2D eigenvalue weighted by atomic mass is 9.99. The maximum Gasteiger partial charge on any atom is 0.472 e. The van der Waals surface area contributed by atoms with Crippen molar-refractivity contribution in [3.8, 4) is 0 Å². The fourth-order valence-corrected chi connectivity index (χ4v) is 13.5. The minimum absolute atomic E-state index is 0.104. The lowest BCUT2D eigenvalue weighted by Gasteiger charge is -2.21. The highest BCUT2D eigenvalue weighted by molar-refractivity contribution is 7.47. The fraction of sp³-hybridized carbons (Fsp3) is 0.949. The molecule has 0 saturated heterocycles. The van der Waals surface area contributed by atoms with Gasteiger partial charge in [-0.05, 0) is 49.4 Å². The fourth-order valence-electron chi connectivity index (χ4n) is 11.9. The zero-order chi connectivity index (χ0) is 71.7. The van der Waals surface area contributed by atoms with Crippen LogP contribution in [0.4, 0.5) is 0 Å². The van der Waals surface area contributed by atoms with E-state index in [1.807, 2.05) is 0 Å². The highest BCUT2D eigenvalue weighted by Gasteiger charge is 2.30. The summed E-state index contributed by atoms with van der Waals surface area (Å²) in [5, 5.41) is 10.6. The summed E-state index contributed by atoms with van der Waals surface area (Å²) in [4.78, 5) is 72.8. The molecule has 0 aromatic carbocycles. The van der Waals surface area contributed by atoms with Gasteiger partial charge in [-0.25, -0.2) is 9.13 Å². The van der Waals surface area contributed by atoms with E-state index in [0.29, 0.717) is 25.7 Å². The third kappa shape index (κ3) is 70.9. The van der Waals surface area contributed by atoms with E-state index in [0.717, 1.165) is 114 Å². The van der Waals surface area contributed by atoms with E-state index in [1.54, 1.807) is 0 Å². The van der Waals surface area contributed by atoms with Crippen molar-refractivity contribution >= 4 is 39.5 Å². The number of aliphatic hydroxyl groups is 1. The van der Waals surface area contributed by atoms with Crippen LogP contribution in [0.3, 0.4) is 0 Å². The molecule has 0 fully saturated rings. The molecule has 0 aromatic rings. The van der Waals surface area contributed by atoms with E-state index in [1.165, 1.54) is 199 Å². The molecule has 3 N–H and O–H groups in total. The molecule has 0 spiro atoms. The van der Waals surface area contributed by atoms with Crippen molar-refractivity contribution in [1.29, 1.82) is 0 Å². The van der Waals surface area contributed by atoms with Crippen molar-refractivity contribution in [2.24, 2.45) is 23.7 Å².